The summed E-state index contributed by atoms with van der Waals surface area (Å²) in [7, 11) is 0. The van der Waals surface area contributed by atoms with Crippen molar-refractivity contribution >= 4 is 23.7 Å². The van der Waals surface area contributed by atoms with E-state index < -0.39 is 35.1 Å². The number of amides is 2. The topological polar surface area (TPSA) is 131 Å². The highest BCUT2D eigenvalue weighted by atomic mass is 19.1. The molecule has 2 amide bonds. The summed E-state index contributed by atoms with van der Waals surface area (Å²) in [5.41, 5.74) is 0.465. The fourth-order valence-corrected chi connectivity index (χ4v) is 5.62. The number of anilines is 2. The van der Waals surface area contributed by atoms with Crippen LogP contribution in [0.2, 0.25) is 0 Å². The largest absolute Gasteiger partial charge is 0.443 e. The number of nitrogens with zero attached hydrogens (tertiary/aromatic N) is 5. The number of hydrogen-bond donors (Lipinski definition) is 0. The maximum atomic E-state index is 15.3. The van der Waals surface area contributed by atoms with Crippen LogP contribution < -0.4 is 9.80 Å². The molecule has 12 heteroatoms. The van der Waals surface area contributed by atoms with Crippen molar-refractivity contribution in [3.63, 3.8) is 0 Å². The van der Waals surface area contributed by atoms with Gasteiger partial charge in [-0.15, -0.1) is 0 Å². The third kappa shape index (κ3) is 4.76. The molecule has 0 N–H and O–H groups in total. The van der Waals surface area contributed by atoms with Gasteiger partial charge in [-0.05, 0) is 45.0 Å². The van der Waals surface area contributed by atoms with E-state index in [1.54, 1.807) is 51.2 Å². The summed E-state index contributed by atoms with van der Waals surface area (Å²) in [6.07, 6.45) is 0.816. The first kappa shape index (κ1) is 26.7. The number of cyclic esters (lactones) is 1. The molecule has 11 nitrogen and oxygen atoms in total. The second-order valence-electron chi connectivity index (χ2n) is 11.4. The molecule has 0 radical (unpaired) electrons. The Morgan fingerprint density at radius 1 is 1.24 bits per heavy atom. The van der Waals surface area contributed by atoms with E-state index in [1.165, 1.54) is 28.2 Å². The number of benzene rings is 1. The minimum absolute atomic E-state index is 0.0414. The highest BCUT2D eigenvalue weighted by Crippen LogP contribution is 2.62. The summed E-state index contributed by atoms with van der Waals surface area (Å²) >= 11 is 0. The number of halogens is 1. The lowest BCUT2D eigenvalue weighted by Crippen LogP contribution is -2.42. The number of aromatic nitrogens is 2. The lowest BCUT2D eigenvalue weighted by atomic mass is 9.96. The van der Waals surface area contributed by atoms with Crippen LogP contribution in [0.5, 0.6) is 0 Å². The van der Waals surface area contributed by atoms with Gasteiger partial charge in [-0.25, -0.2) is 14.0 Å². The Labute approximate surface area is 235 Å². The van der Waals surface area contributed by atoms with E-state index in [2.05, 4.69) is 16.2 Å². The van der Waals surface area contributed by atoms with Crippen molar-refractivity contribution in [2.24, 2.45) is 11.8 Å². The standard InChI is InChI=1S/C29H28FN5O6/c1-28(2,3)41-27(37)35(25-8-9-39-33-25)13-19-12-34(26(36)40-19)18-5-6-20(23(30)10-18)17-4-7-24(32-11-17)29(16-31)21-14-38-15-22(21)29/h4-11,19,21-22H,12-15H2,1-3H3/t19-,21-,22+,29+/m1/s1. The first-order valence-electron chi connectivity index (χ1n) is 13.2. The van der Waals surface area contributed by atoms with Gasteiger partial charge < -0.3 is 18.7 Å². The van der Waals surface area contributed by atoms with E-state index in [0.717, 1.165) is 0 Å². The number of carbonyl (C=O) groups excluding carboxylic acids is 2. The molecule has 0 spiro atoms. The summed E-state index contributed by atoms with van der Waals surface area (Å²) in [5.74, 6) is -0.0307. The molecule has 2 saturated heterocycles. The fourth-order valence-electron chi connectivity index (χ4n) is 5.62. The van der Waals surface area contributed by atoms with Gasteiger partial charge in [0, 0.05) is 35.2 Å². The molecule has 41 heavy (non-hydrogen) atoms. The molecule has 3 fully saturated rings. The zero-order valence-corrected chi connectivity index (χ0v) is 22.7. The van der Waals surface area contributed by atoms with Crippen LogP contribution in [-0.4, -0.2) is 60.3 Å². The quantitative estimate of drug-likeness (QED) is 0.421. The minimum atomic E-state index is -0.754. The summed E-state index contributed by atoms with van der Waals surface area (Å²) < 4.78 is 36.6. The Balaban J connectivity index is 1.16. The van der Waals surface area contributed by atoms with Gasteiger partial charge in [0.05, 0.1) is 43.8 Å². The van der Waals surface area contributed by atoms with E-state index in [9.17, 15) is 14.9 Å². The number of fused-ring (bicyclic) bond motifs is 1. The lowest BCUT2D eigenvalue weighted by Gasteiger charge is -2.26. The molecule has 1 aromatic carbocycles. The van der Waals surface area contributed by atoms with Crippen LogP contribution >= 0.6 is 0 Å². The number of hydrogen-bond acceptors (Lipinski definition) is 9. The molecular weight excluding hydrogens is 533 g/mol. The molecule has 0 bridgehead atoms. The van der Waals surface area contributed by atoms with E-state index >= 15 is 4.39 Å². The molecule has 1 saturated carbocycles. The summed E-state index contributed by atoms with van der Waals surface area (Å²) in [4.78, 5) is 32.6. The van der Waals surface area contributed by atoms with Crippen LogP contribution in [0.1, 0.15) is 26.5 Å². The van der Waals surface area contributed by atoms with Crippen LogP contribution in [0.4, 0.5) is 25.5 Å². The van der Waals surface area contributed by atoms with E-state index in [1.807, 2.05) is 0 Å². The van der Waals surface area contributed by atoms with E-state index in [0.29, 0.717) is 35.7 Å². The van der Waals surface area contributed by atoms with Gasteiger partial charge >= 0.3 is 12.2 Å². The maximum Gasteiger partial charge on any atom is 0.416 e. The molecule has 4 atom stereocenters. The van der Waals surface area contributed by atoms with Gasteiger partial charge in [0.1, 0.15) is 29.2 Å². The molecule has 3 aliphatic rings. The van der Waals surface area contributed by atoms with Crippen LogP contribution in [0.3, 0.4) is 0 Å². The first-order chi connectivity index (χ1) is 19.6. The number of pyridine rings is 1. The van der Waals surface area contributed by atoms with Gasteiger partial charge in [0.25, 0.3) is 0 Å². The highest BCUT2D eigenvalue weighted by molar-refractivity contribution is 5.91. The Kier molecular flexibility index (Phi) is 6.42. The van der Waals surface area contributed by atoms with Crippen LogP contribution in [0, 0.1) is 29.0 Å². The van der Waals surface area contributed by atoms with Crippen molar-refractivity contribution in [1.82, 2.24) is 10.1 Å². The average molecular weight is 562 g/mol. The third-order valence-corrected chi connectivity index (χ3v) is 7.66. The number of ether oxygens (including phenoxy) is 3. The van der Waals surface area contributed by atoms with E-state index in [-0.39, 0.29) is 30.7 Å². The Morgan fingerprint density at radius 3 is 2.63 bits per heavy atom. The summed E-state index contributed by atoms with van der Waals surface area (Å²) in [6, 6.07) is 11.9. The predicted molar refractivity (Wildman–Crippen MR) is 142 cm³/mol. The Morgan fingerprint density at radius 2 is 2.02 bits per heavy atom. The summed E-state index contributed by atoms with van der Waals surface area (Å²) in [6.45, 7) is 6.35. The molecule has 1 aliphatic carbocycles. The first-order valence-corrected chi connectivity index (χ1v) is 13.2. The molecule has 2 aromatic heterocycles. The van der Waals surface area contributed by atoms with Crippen LogP contribution in [-0.2, 0) is 19.6 Å². The molecule has 212 valence electrons. The fraction of sp³-hybridized carbons (Fsp3) is 0.414. The van der Waals surface area contributed by atoms with Crippen LogP contribution in [0.15, 0.2) is 53.4 Å². The molecule has 2 aliphatic heterocycles. The minimum Gasteiger partial charge on any atom is -0.443 e. The second-order valence-corrected chi connectivity index (χ2v) is 11.4. The van der Waals surface area contributed by atoms with E-state index in [4.69, 9.17) is 18.7 Å². The smallest absolute Gasteiger partial charge is 0.416 e. The SMILES string of the molecule is CC(C)(C)OC(=O)N(C[C@H]1CN(c2ccc(-c3ccc([C@@]4(C#N)[C@@H]5COC[C@@H]54)nc3)c(F)c2)C(=O)O1)c1ccon1. The molecule has 4 heterocycles. The molecular formula is C29H28FN5O6. The normalized spacial score (nSPS) is 24.9. The summed E-state index contributed by atoms with van der Waals surface area (Å²) in [5, 5.41) is 13.6. The Hall–Kier alpha value is -4.50. The molecule has 6 rings (SSSR count). The van der Waals surface area contributed by atoms with Gasteiger partial charge in [-0.2, -0.15) is 5.26 Å². The maximum absolute atomic E-state index is 15.3. The van der Waals surface area contributed by atoms with Crippen molar-refractivity contribution in [2.45, 2.75) is 37.9 Å². The van der Waals surface area contributed by atoms with Crippen LogP contribution in [0.25, 0.3) is 11.1 Å². The van der Waals surface area contributed by atoms with Crippen molar-refractivity contribution < 1.29 is 32.7 Å². The zero-order valence-electron chi connectivity index (χ0n) is 22.7. The predicted octanol–water partition coefficient (Wildman–Crippen LogP) is 4.68. The Bertz CT molecular complexity index is 1500. The number of rotatable bonds is 6. The lowest BCUT2D eigenvalue weighted by molar-refractivity contribution is 0.0556. The molecule has 0 unspecified atom stereocenters. The van der Waals surface area contributed by atoms with Gasteiger partial charge in [-0.1, -0.05) is 11.2 Å². The van der Waals surface area contributed by atoms with Crippen molar-refractivity contribution in [2.75, 3.05) is 36.1 Å². The monoisotopic (exact) mass is 561 g/mol. The average Bonchev–Trinajstić information content (AvgIpc) is 3.47. The number of nitriles is 1. The molecule has 3 aromatic rings. The van der Waals surface area contributed by atoms with Gasteiger partial charge in [-0.3, -0.25) is 14.8 Å². The van der Waals surface area contributed by atoms with Crippen molar-refractivity contribution in [3.05, 3.63) is 60.4 Å². The van der Waals surface area contributed by atoms with Gasteiger partial charge in [0.15, 0.2) is 5.82 Å². The highest BCUT2D eigenvalue weighted by Gasteiger charge is 2.70. The van der Waals surface area contributed by atoms with Crippen molar-refractivity contribution in [1.29, 1.82) is 5.26 Å². The third-order valence-electron chi connectivity index (χ3n) is 7.66. The second kappa shape index (κ2) is 9.85. The zero-order chi connectivity index (χ0) is 28.9. The van der Waals surface area contributed by atoms with Crippen molar-refractivity contribution in [3.8, 4) is 17.2 Å². The number of carbonyl (C=O) groups is 2. The van der Waals surface area contributed by atoms with Gasteiger partial charge in [0.2, 0.25) is 0 Å².